The lowest BCUT2D eigenvalue weighted by atomic mass is 9.85. The van der Waals surface area contributed by atoms with Gasteiger partial charge in [-0.25, -0.2) is 0 Å². The number of hydrogen-bond acceptors (Lipinski definition) is 18. The van der Waals surface area contributed by atoms with E-state index < -0.39 is 158 Å². The highest BCUT2D eigenvalue weighted by Crippen LogP contribution is 2.36. The molecule has 2 bridgehead atoms. The van der Waals surface area contributed by atoms with Crippen molar-refractivity contribution in [3.63, 3.8) is 0 Å². The van der Waals surface area contributed by atoms with Gasteiger partial charge in [0.15, 0.2) is 11.6 Å². The molecule has 0 aliphatic carbocycles. The number of phenolic OH excluding ortho intramolecular Hbond substituents is 1. The second-order valence-electron chi connectivity index (χ2n) is 23.0. The van der Waals surface area contributed by atoms with Gasteiger partial charge in [-0.3, -0.25) is 67.3 Å². The molecule has 5 aliphatic rings. The number of aromatic amines is 1. The first-order valence-corrected chi connectivity index (χ1v) is 30.2. The maximum Gasteiger partial charge on any atom is 0.253 e. The van der Waals surface area contributed by atoms with Gasteiger partial charge < -0.3 is 73.4 Å². The number of imide groups is 1. The number of likely N-dealkylation sites (tertiary alicyclic amines) is 1. The van der Waals surface area contributed by atoms with E-state index in [4.69, 9.17) is 5.73 Å². The summed E-state index contributed by atoms with van der Waals surface area (Å²) in [4.78, 5) is 172. The van der Waals surface area contributed by atoms with E-state index in [2.05, 4.69) is 41.8 Å². The first-order chi connectivity index (χ1) is 40.5. The van der Waals surface area contributed by atoms with E-state index in [9.17, 15) is 78.0 Å². The highest BCUT2D eigenvalue weighted by Gasteiger charge is 2.45. The zero-order valence-electron chi connectivity index (χ0n) is 48.5. The predicted octanol–water partition coefficient (Wildman–Crippen LogP) is -3.43. The summed E-state index contributed by atoms with van der Waals surface area (Å²) >= 11 is 0.281. The normalized spacial score (nSPS) is 26.2. The van der Waals surface area contributed by atoms with E-state index in [0.717, 1.165) is 9.80 Å². The van der Waals surface area contributed by atoms with E-state index in [0.29, 0.717) is 78.8 Å². The summed E-state index contributed by atoms with van der Waals surface area (Å²) in [7, 11) is 0. The van der Waals surface area contributed by atoms with Gasteiger partial charge >= 0.3 is 0 Å². The number of aliphatic hydroxyl groups excluding tert-OH is 3. The van der Waals surface area contributed by atoms with Crippen LogP contribution >= 0.6 is 0 Å². The van der Waals surface area contributed by atoms with Crippen LogP contribution in [0.2, 0.25) is 0 Å². The molecule has 11 atom stereocenters. The van der Waals surface area contributed by atoms with Gasteiger partial charge in [-0.2, -0.15) is 0 Å². The van der Waals surface area contributed by atoms with Crippen LogP contribution in [0.25, 0.3) is 10.9 Å². The highest BCUT2D eigenvalue weighted by atomic mass is 32.2. The van der Waals surface area contributed by atoms with Gasteiger partial charge in [0.05, 0.1) is 49.4 Å². The Morgan fingerprint density at radius 2 is 1.55 bits per heavy atom. The van der Waals surface area contributed by atoms with Crippen molar-refractivity contribution in [3.8, 4) is 5.75 Å². The zero-order chi connectivity index (χ0) is 61.8. The van der Waals surface area contributed by atoms with Crippen molar-refractivity contribution in [1.29, 1.82) is 0 Å². The quantitative estimate of drug-likeness (QED) is 0.0317. The molecule has 2 fully saturated rings. The molecule has 6 heterocycles. The number of hydrogen-bond donors (Lipinski definition) is 12. The van der Waals surface area contributed by atoms with Crippen molar-refractivity contribution in [2.24, 2.45) is 35.3 Å². The number of H-pyrrole nitrogens is 1. The number of fused-ring (bicyclic) bond motifs is 5. The highest BCUT2D eigenvalue weighted by molar-refractivity contribution is 7.78. The Bertz CT molecular complexity index is 2920. The number of amides is 10. The third-order valence-electron chi connectivity index (χ3n) is 16.8. The fourth-order valence-corrected chi connectivity index (χ4v) is 12.9. The van der Waals surface area contributed by atoms with Crippen LogP contribution in [0.1, 0.15) is 96.1 Å². The molecule has 1 aromatic heterocycles. The molecule has 29 heteroatoms. The summed E-state index contributed by atoms with van der Waals surface area (Å²) in [6.45, 7) is 4.15. The number of rotatable bonds is 17. The van der Waals surface area contributed by atoms with Crippen molar-refractivity contribution >= 4 is 93.3 Å². The second-order valence-corrected chi connectivity index (χ2v) is 24.2. The van der Waals surface area contributed by atoms with E-state index in [1.54, 1.807) is 19.9 Å². The maximum atomic E-state index is 15.0. The summed E-state index contributed by atoms with van der Waals surface area (Å²) in [5.41, 5.74) is 6.91. The third kappa shape index (κ3) is 17.2. The van der Waals surface area contributed by atoms with Gasteiger partial charge in [0, 0.05) is 117 Å². The van der Waals surface area contributed by atoms with Crippen LogP contribution < -0.4 is 37.6 Å². The minimum Gasteiger partial charge on any atom is -0.870 e. The molecule has 2 aromatic rings. The minimum atomic E-state index is -1.65. The number of nitrogens with one attached hydrogen (secondary N) is 7. The molecular weight excluding hydrogens is 1140 g/mol. The molecule has 2 saturated heterocycles. The number of primary amides is 1. The number of phenols is 1. The van der Waals surface area contributed by atoms with Gasteiger partial charge in [0.1, 0.15) is 29.6 Å². The number of unbranched alkanes of at least 4 members (excludes halogenated alkanes) is 2. The molecule has 0 spiro atoms. The molecule has 1 aromatic carbocycles. The van der Waals surface area contributed by atoms with E-state index >= 15 is 0 Å². The fourth-order valence-electron chi connectivity index (χ4n) is 11.6. The number of Topliss-reactive ketones (excluding diaryl/α,β-unsaturated/α-hetero) is 2. The van der Waals surface area contributed by atoms with Crippen LogP contribution in [0.4, 0.5) is 0 Å². The molecule has 5 aliphatic heterocycles. The zero-order valence-corrected chi connectivity index (χ0v) is 49.4. The Balaban J connectivity index is 0.0000118. The number of carbonyl (C=O) groups excluding carboxylic acids is 12. The molecule has 7 rings (SSSR count). The fraction of sp³-hybridized carbons (Fsp3) is 0.614. The van der Waals surface area contributed by atoms with Crippen molar-refractivity contribution in [1.82, 2.24) is 51.6 Å². The molecule has 0 unspecified atom stereocenters. The van der Waals surface area contributed by atoms with Crippen LogP contribution in [0.15, 0.2) is 29.3 Å². The Kier molecular flexibility index (Phi) is 24.3. The SMILES string of the molecule is CC[C@H](C)[C@@H]1NC(=O)CNC(=O)[C@@H]2CC(=O)[C@H]([C@@H](C)[C@@H](O)CO)NC(=O)[C@@H]3C[C@@H](O)CN3C(=O)[C@H](CC(N)=O)CC(=O)[C@H](C[SH+]c3[nH]c4c(CN5CC[C@@H](CNC(=O)CCCCCN6C(=O)C=CC6=O)C5)c(O)ccc4c3C2)NC(=O)CNC1=O.[OH-]. The van der Waals surface area contributed by atoms with Gasteiger partial charge in [-0.05, 0) is 56.2 Å². The topological polar surface area (TPSA) is 439 Å². The molecular formula is C57H81N11O17S. The monoisotopic (exact) mass is 1220 g/mol. The Morgan fingerprint density at radius 3 is 2.23 bits per heavy atom. The number of aromatic nitrogens is 1. The maximum absolute atomic E-state index is 15.0. The number of aliphatic hydroxyl groups is 3. The Morgan fingerprint density at radius 1 is 0.849 bits per heavy atom. The first kappa shape index (κ1) is 67.8. The molecule has 86 heavy (non-hydrogen) atoms. The van der Waals surface area contributed by atoms with Gasteiger partial charge in [-0.15, -0.1) is 0 Å². The molecule has 0 saturated carbocycles. The lowest BCUT2D eigenvalue weighted by molar-refractivity contribution is -0.145. The molecule has 10 amide bonds. The van der Waals surface area contributed by atoms with Crippen LogP contribution in [0.3, 0.4) is 0 Å². The summed E-state index contributed by atoms with van der Waals surface area (Å²) in [5.74, 6) is -13.5. The standard InChI is InChI=1S/C57H79N11O16S.H2O/c1-4-29(2)50-55(83)61-22-46(77)62-38-28-85-56-36(35-9-10-40(71)37(52(35)65-56)26-66-15-13-31(24-66)21-59-45(76)8-6-5-7-14-67-48(79)11-12-49(67)80)16-32(53(81)60-23-47(78)63-50)17-42(73)51(30(3)43(74)27-69)64-54(82)39-20-34(70)25-68(39)57(84)33(18-41(38)72)19-44(58)75;/h9-12,29-34,38-39,43,50-51,65,69-71,74H,4-8,13-28H2,1-3H3,(H2,58,75)(H,59,76)(H,60,81)(H,61,83)(H,62,77)(H,63,78)(H,64,82);1H2/t29-,30-,31-,32-,33-,34+,38-,39-,43-,50-,51-;/m0./s1. The minimum absolute atomic E-state index is 0. The second kappa shape index (κ2) is 30.9. The molecule has 14 N–H and O–H groups in total. The van der Waals surface area contributed by atoms with Crippen LogP contribution in [0, 0.1) is 29.6 Å². The van der Waals surface area contributed by atoms with Gasteiger partial charge in [0.25, 0.3) is 11.8 Å². The molecule has 28 nitrogen and oxygen atoms in total. The number of carbonyl (C=O) groups is 12. The summed E-state index contributed by atoms with van der Waals surface area (Å²) in [5, 5.41) is 60.5. The van der Waals surface area contributed by atoms with Gasteiger partial charge in [-0.1, -0.05) is 33.6 Å². The average molecular weight is 1220 g/mol. The Labute approximate surface area is 500 Å². The summed E-state index contributed by atoms with van der Waals surface area (Å²) in [6.07, 6.45) is -0.0246. The number of thiol groups is 1. The van der Waals surface area contributed by atoms with Crippen molar-refractivity contribution in [2.75, 3.05) is 58.2 Å². The average Bonchev–Trinajstić information content (AvgIpc) is 1.84. The van der Waals surface area contributed by atoms with Crippen LogP contribution in [-0.4, -0.2) is 211 Å². The number of nitrogens with zero attached hydrogens (tertiary/aromatic N) is 3. The largest absolute Gasteiger partial charge is 0.870 e. The van der Waals surface area contributed by atoms with Crippen molar-refractivity contribution in [2.45, 2.75) is 139 Å². The molecule has 0 radical (unpaired) electrons. The number of aromatic hydroxyl groups is 1. The Hall–Kier alpha value is -7.31. The third-order valence-corrected chi connectivity index (χ3v) is 18.1. The lowest BCUT2D eigenvalue weighted by Crippen LogP contribution is -2.56. The van der Waals surface area contributed by atoms with Gasteiger partial charge in [0.2, 0.25) is 52.3 Å². The van der Waals surface area contributed by atoms with Crippen LogP contribution in [-0.2, 0) is 82.3 Å². The number of benzene rings is 1. The first-order valence-electron chi connectivity index (χ1n) is 29.1. The summed E-state index contributed by atoms with van der Waals surface area (Å²) in [6, 6.07) is -2.71. The number of ketones is 2. The predicted molar refractivity (Wildman–Crippen MR) is 308 cm³/mol. The molecule has 472 valence electrons. The lowest BCUT2D eigenvalue weighted by Gasteiger charge is -2.32. The van der Waals surface area contributed by atoms with Crippen LogP contribution in [0.5, 0.6) is 5.75 Å². The summed E-state index contributed by atoms with van der Waals surface area (Å²) < 4.78 is 0. The van der Waals surface area contributed by atoms with E-state index in [1.807, 2.05) is 0 Å². The van der Waals surface area contributed by atoms with Crippen molar-refractivity contribution in [3.05, 3.63) is 35.4 Å². The number of nitrogens with two attached hydrogens (primary N) is 1. The van der Waals surface area contributed by atoms with E-state index in [-0.39, 0.29) is 84.7 Å². The smallest absolute Gasteiger partial charge is 0.253 e. The van der Waals surface area contributed by atoms with E-state index in [1.165, 1.54) is 25.1 Å². The van der Waals surface area contributed by atoms with Crippen molar-refractivity contribution < 1.29 is 83.4 Å².